The average molecular weight is 270 g/mol. The van der Waals surface area contributed by atoms with Gasteiger partial charge in [0.15, 0.2) is 0 Å². The minimum atomic E-state index is 0.511. The number of nitrogens with zero attached hydrogens (tertiary/aromatic N) is 1. The van der Waals surface area contributed by atoms with Crippen LogP contribution in [-0.4, -0.2) is 18.1 Å². The molecule has 1 aromatic carbocycles. The number of hydrogen-bond donors (Lipinski definition) is 1. The zero-order chi connectivity index (χ0) is 14.2. The molecule has 0 aliphatic rings. The van der Waals surface area contributed by atoms with Crippen molar-refractivity contribution in [3.8, 4) is 5.75 Å². The van der Waals surface area contributed by atoms with Crippen molar-refractivity contribution < 1.29 is 4.74 Å². The summed E-state index contributed by atoms with van der Waals surface area (Å²) in [7, 11) is 2.00. The van der Waals surface area contributed by atoms with Gasteiger partial charge in [0, 0.05) is 12.2 Å². The fraction of sp³-hybridized carbons (Fsp3) is 0.353. The van der Waals surface area contributed by atoms with Crippen molar-refractivity contribution in [1.29, 1.82) is 0 Å². The number of benzene rings is 1. The number of aryl methyl sites for hydroxylation is 1. The van der Waals surface area contributed by atoms with Crippen molar-refractivity contribution in [2.45, 2.75) is 32.4 Å². The van der Waals surface area contributed by atoms with Crippen molar-refractivity contribution in [3.05, 3.63) is 59.9 Å². The standard InChI is InChI=1S/C17H22N2O/c1-14(18-2)6-7-15-8-10-17(11-9-15)20-13-16-5-3-4-12-19-16/h3-5,8-12,14,18H,6-7,13H2,1-2H3. The summed E-state index contributed by atoms with van der Waals surface area (Å²) in [5, 5.41) is 3.25. The summed E-state index contributed by atoms with van der Waals surface area (Å²) in [6.45, 7) is 2.71. The van der Waals surface area contributed by atoms with Crippen LogP contribution in [0.1, 0.15) is 24.6 Å². The maximum atomic E-state index is 5.72. The normalized spacial score (nSPS) is 12.1. The van der Waals surface area contributed by atoms with Gasteiger partial charge >= 0.3 is 0 Å². The van der Waals surface area contributed by atoms with Crippen LogP contribution in [0.15, 0.2) is 48.7 Å². The number of hydrogen-bond acceptors (Lipinski definition) is 3. The van der Waals surface area contributed by atoms with Crippen LogP contribution in [0.25, 0.3) is 0 Å². The lowest BCUT2D eigenvalue weighted by molar-refractivity contribution is 0.301. The molecule has 106 valence electrons. The molecule has 0 bridgehead atoms. The van der Waals surface area contributed by atoms with Crippen LogP contribution in [0, 0.1) is 0 Å². The van der Waals surface area contributed by atoms with Crippen LogP contribution < -0.4 is 10.1 Å². The molecule has 0 aliphatic carbocycles. The van der Waals surface area contributed by atoms with E-state index in [-0.39, 0.29) is 0 Å². The summed E-state index contributed by atoms with van der Waals surface area (Å²) >= 11 is 0. The SMILES string of the molecule is CNC(C)CCc1ccc(OCc2ccccn2)cc1. The summed E-state index contributed by atoms with van der Waals surface area (Å²) in [6, 6.07) is 14.7. The Bertz CT molecular complexity index is 496. The second-order valence-corrected chi connectivity index (χ2v) is 4.98. The summed E-state index contributed by atoms with van der Waals surface area (Å²) in [5.74, 6) is 0.890. The fourth-order valence-corrected chi connectivity index (χ4v) is 1.92. The Labute approximate surface area is 121 Å². The van der Waals surface area contributed by atoms with E-state index in [1.807, 2.05) is 37.4 Å². The zero-order valence-corrected chi connectivity index (χ0v) is 12.2. The molecular weight excluding hydrogens is 248 g/mol. The zero-order valence-electron chi connectivity index (χ0n) is 12.2. The van der Waals surface area contributed by atoms with E-state index in [4.69, 9.17) is 4.74 Å². The molecule has 3 heteroatoms. The Hall–Kier alpha value is -1.87. The first-order valence-electron chi connectivity index (χ1n) is 7.07. The average Bonchev–Trinajstić information content (AvgIpc) is 2.52. The maximum absolute atomic E-state index is 5.72. The highest BCUT2D eigenvalue weighted by atomic mass is 16.5. The summed E-state index contributed by atoms with van der Waals surface area (Å²) in [5.41, 5.74) is 2.29. The molecule has 0 saturated heterocycles. The van der Waals surface area contributed by atoms with Crippen LogP contribution in [-0.2, 0) is 13.0 Å². The third kappa shape index (κ3) is 4.67. The van der Waals surface area contributed by atoms with E-state index in [2.05, 4.69) is 29.4 Å². The predicted molar refractivity (Wildman–Crippen MR) is 81.9 cm³/mol. The maximum Gasteiger partial charge on any atom is 0.130 e. The Morgan fingerprint density at radius 3 is 2.60 bits per heavy atom. The first kappa shape index (κ1) is 14.5. The largest absolute Gasteiger partial charge is 0.487 e. The Morgan fingerprint density at radius 2 is 1.95 bits per heavy atom. The van der Waals surface area contributed by atoms with E-state index in [0.29, 0.717) is 12.6 Å². The minimum Gasteiger partial charge on any atom is -0.487 e. The molecule has 0 saturated carbocycles. The molecule has 1 N–H and O–H groups in total. The molecule has 0 radical (unpaired) electrons. The number of pyridine rings is 1. The van der Waals surface area contributed by atoms with Gasteiger partial charge in [0.2, 0.25) is 0 Å². The fourth-order valence-electron chi connectivity index (χ4n) is 1.92. The Balaban J connectivity index is 1.82. The van der Waals surface area contributed by atoms with Crippen LogP contribution in [0.5, 0.6) is 5.75 Å². The van der Waals surface area contributed by atoms with Gasteiger partial charge in [-0.3, -0.25) is 4.98 Å². The van der Waals surface area contributed by atoms with Gasteiger partial charge in [-0.15, -0.1) is 0 Å². The van der Waals surface area contributed by atoms with E-state index >= 15 is 0 Å². The van der Waals surface area contributed by atoms with Gasteiger partial charge < -0.3 is 10.1 Å². The van der Waals surface area contributed by atoms with Gasteiger partial charge in [0.05, 0.1) is 5.69 Å². The van der Waals surface area contributed by atoms with E-state index in [9.17, 15) is 0 Å². The van der Waals surface area contributed by atoms with E-state index < -0.39 is 0 Å². The van der Waals surface area contributed by atoms with Gasteiger partial charge in [0.25, 0.3) is 0 Å². The molecular formula is C17H22N2O. The molecule has 1 heterocycles. The molecule has 0 amide bonds. The van der Waals surface area contributed by atoms with Gasteiger partial charge in [-0.25, -0.2) is 0 Å². The highest BCUT2D eigenvalue weighted by Crippen LogP contribution is 2.15. The van der Waals surface area contributed by atoms with Gasteiger partial charge in [-0.2, -0.15) is 0 Å². The third-order valence-corrected chi connectivity index (χ3v) is 3.40. The Morgan fingerprint density at radius 1 is 1.15 bits per heavy atom. The Kier molecular flexibility index (Phi) is 5.56. The highest BCUT2D eigenvalue weighted by molar-refractivity contribution is 5.27. The van der Waals surface area contributed by atoms with Crippen LogP contribution in [0.3, 0.4) is 0 Å². The molecule has 0 spiro atoms. The summed E-state index contributed by atoms with van der Waals surface area (Å²) in [6.07, 6.45) is 4.01. The summed E-state index contributed by atoms with van der Waals surface area (Å²) in [4.78, 5) is 4.24. The van der Waals surface area contributed by atoms with Crippen LogP contribution in [0.2, 0.25) is 0 Å². The predicted octanol–water partition coefficient (Wildman–Crippen LogP) is 3.20. The molecule has 1 aromatic heterocycles. The molecule has 1 atom stereocenters. The lowest BCUT2D eigenvalue weighted by Crippen LogP contribution is -2.21. The molecule has 2 rings (SSSR count). The molecule has 0 fully saturated rings. The second kappa shape index (κ2) is 7.65. The van der Waals surface area contributed by atoms with E-state index in [1.165, 1.54) is 5.56 Å². The summed E-state index contributed by atoms with van der Waals surface area (Å²) < 4.78 is 5.72. The molecule has 1 unspecified atom stereocenters. The van der Waals surface area contributed by atoms with Crippen LogP contribution in [0.4, 0.5) is 0 Å². The second-order valence-electron chi connectivity index (χ2n) is 4.98. The number of aromatic nitrogens is 1. The third-order valence-electron chi connectivity index (χ3n) is 3.40. The number of ether oxygens (including phenoxy) is 1. The quantitative estimate of drug-likeness (QED) is 0.839. The van der Waals surface area contributed by atoms with Crippen molar-refractivity contribution in [2.24, 2.45) is 0 Å². The minimum absolute atomic E-state index is 0.511. The van der Waals surface area contributed by atoms with Gasteiger partial charge in [-0.05, 0) is 56.6 Å². The molecule has 0 aliphatic heterocycles. The topological polar surface area (TPSA) is 34.1 Å². The highest BCUT2D eigenvalue weighted by Gasteiger charge is 2.01. The first-order chi connectivity index (χ1) is 9.78. The first-order valence-corrected chi connectivity index (χ1v) is 7.07. The van der Waals surface area contributed by atoms with Gasteiger partial charge in [0.1, 0.15) is 12.4 Å². The lowest BCUT2D eigenvalue weighted by atomic mass is 10.1. The number of rotatable bonds is 7. The van der Waals surface area contributed by atoms with E-state index in [1.54, 1.807) is 6.20 Å². The molecule has 3 nitrogen and oxygen atoms in total. The van der Waals surface area contributed by atoms with Crippen molar-refractivity contribution in [1.82, 2.24) is 10.3 Å². The van der Waals surface area contributed by atoms with Crippen LogP contribution >= 0.6 is 0 Å². The smallest absolute Gasteiger partial charge is 0.130 e. The van der Waals surface area contributed by atoms with Crippen molar-refractivity contribution >= 4 is 0 Å². The number of nitrogens with one attached hydrogen (secondary N) is 1. The monoisotopic (exact) mass is 270 g/mol. The molecule has 20 heavy (non-hydrogen) atoms. The molecule has 2 aromatic rings. The lowest BCUT2D eigenvalue weighted by Gasteiger charge is -2.10. The van der Waals surface area contributed by atoms with Crippen molar-refractivity contribution in [3.63, 3.8) is 0 Å². The van der Waals surface area contributed by atoms with Crippen molar-refractivity contribution in [2.75, 3.05) is 7.05 Å². The van der Waals surface area contributed by atoms with E-state index in [0.717, 1.165) is 24.3 Å². The van der Waals surface area contributed by atoms with Gasteiger partial charge in [-0.1, -0.05) is 18.2 Å².